The van der Waals surface area contributed by atoms with Crippen molar-refractivity contribution in [2.24, 2.45) is 0 Å². The fourth-order valence-electron chi connectivity index (χ4n) is 6.11. The van der Waals surface area contributed by atoms with Crippen molar-refractivity contribution in [1.82, 2.24) is 4.57 Å². The zero-order valence-corrected chi connectivity index (χ0v) is 29.9. The van der Waals surface area contributed by atoms with Gasteiger partial charge in [-0.2, -0.15) is 0 Å². The number of nitrogens with zero attached hydrogens (tertiary/aromatic N) is 3. The fraction of sp³-hybridized carbons (Fsp3) is 0.282. The van der Waals surface area contributed by atoms with E-state index in [4.69, 9.17) is 14.2 Å². The summed E-state index contributed by atoms with van der Waals surface area (Å²) in [7, 11) is 4.43. The van der Waals surface area contributed by atoms with Gasteiger partial charge in [0.1, 0.15) is 47.6 Å². The molecule has 1 heterocycles. The number of benzene rings is 4. The van der Waals surface area contributed by atoms with E-state index in [1.165, 1.54) is 25.9 Å². The van der Waals surface area contributed by atoms with E-state index in [0.717, 1.165) is 53.3 Å². The first-order valence-electron chi connectivity index (χ1n) is 16.3. The molecule has 0 aliphatic carbocycles. The second-order valence-electron chi connectivity index (χ2n) is 12.0. The monoisotopic (exact) mass is 705 g/mol. The summed E-state index contributed by atoms with van der Waals surface area (Å²) in [5.41, 5.74) is 2.54. The van der Waals surface area contributed by atoms with Crippen LogP contribution in [0.15, 0.2) is 89.9 Å². The molecule has 5 aromatic rings. The zero-order valence-electron chi connectivity index (χ0n) is 29.1. The minimum absolute atomic E-state index is 0. The largest absolute Gasteiger partial charge is 1.00 e. The van der Waals surface area contributed by atoms with Crippen LogP contribution in [0.1, 0.15) is 42.3 Å². The Morgan fingerprint density at radius 1 is 0.800 bits per heavy atom. The van der Waals surface area contributed by atoms with Gasteiger partial charge in [0.15, 0.2) is 0 Å². The Kier molecular flexibility index (Phi) is 12.3. The Morgan fingerprint density at radius 3 is 2.04 bits per heavy atom. The number of anilines is 1. The Bertz CT molecular complexity index is 2020. The summed E-state index contributed by atoms with van der Waals surface area (Å²) in [6, 6.07) is 21.3. The Labute approximate surface area is 297 Å². The van der Waals surface area contributed by atoms with E-state index in [1.54, 1.807) is 48.1 Å². The first-order valence-corrected chi connectivity index (χ1v) is 16.3. The van der Waals surface area contributed by atoms with E-state index >= 15 is 0 Å². The van der Waals surface area contributed by atoms with Gasteiger partial charge in [-0.25, -0.2) is 8.78 Å². The molecule has 4 aromatic carbocycles. The van der Waals surface area contributed by atoms with Gasteiger partial charge in [0, 0.05) is 60.2 Å². The van der Waals surface area contributed by atoms with E-state index in [-0.39, 0.29) is 29.0 Å². The summed E-state index contributed by atoms with van der Waals surface area (Å²) >= 11 is 0. The number of carbonyl (C=O) groups excluding carboxylic acids is 1. The van der Waals surface area contributed by atoms with Crippen molar-refractivity contribution in [1.29, 1.82) is 0 Å². The van der Waals surface area contributed by atoms with Crippen molar-refractivity contribution in [3.05, 3.63) is 124 Å². The van der Waals surface area contributed by atoms with Crippen molar-refractivity contribution in [2.45, 2.75) is 33.9 Å². The van der Waals surface area contributed by atoms with Crippen LogP contribution < -0.4 is 36.9 Å². The number of carbonyl (C=O) groups is 1. The number of fused-ring (bicyclic) bond motifs is 1. The lowest BCUT2D eigenvalue weighted by atomic mass is 10.1. The lowest BCUT2D eigenvalue weighted by molar-refractivity contribution is -0.936. The van der Waals surface area contributed by atoms with E-state index < -0.39 is 23.0 Å². The van der Waals surface area contributed by atoms with Crippen molar-refractivity contribution >= 4 is 22.5 Å². The number of quaternary nitrogens is 1. The molecule has 8 nitrogen and oxygen atoms in total. The smallest absolute Gasteiger partial charge is 0.263 e. The standard InChI is InChI=1S/C39H42F2N3O5.ClH/c1-7-44(8-2,9-3)24-26-12-10-11-13-27(26)25-49-34-20-31(19-33(21-34)48-6)43-23-36(38(45)35-15-14-32(47-5)22-37(35)43)39(46)42(4)30-17-28(40)16-29(41)18-30;/h10-23H,7-9,24-25H2,1-6H3;1H/q+1;/p-1. The molecule has 5 rings (SSSR count). The zero-order chi connectivity index (χ0) is 35.3. The number of halogens is 3. The van der Waals surface area contributed by atoms with Crippen LogP contribution in [0.2, 0.25) is 0 Å². The molecular formula is C39H42ClF2N3O5. The van der Waals surface area contributed by atoms with Crippen molar-refractivity contribution in [3.8, 4) is 22.9 Å². The molecule has 0 spiro atoms. The van der Waals surface area contributed by atoms with Gasteiger partial charge < -0.3 is 40.6 Å². The predicted octanol–water partition coefficient (Wildman–Crippen LogP) is 4.52. The maximum Gasteiger partial charge on any atom is 0.263 e. The van der Waals surface area contributed by atoms with Gasteiger partial charge in [-0.3, -0.25) is 9.59 Å². The highest BCUT2D eigenvalue weighted by molar-refractivity contribution is 6.07. The maximum absolute atomic E-state index is 14.0. The highest BCUT2D eigenvalue weighted by Crippen LogP contribution is 2.30. The Balaban J connectivity index is 0.00000562. The number of amides is 1. The van der Waals surface area contributed by atoms with Gasteiger partial charge in [-0.1, -0.05) is 24.3 Å². The predicted molar refractivity (Wildman–Crippen MR) is 188 cm³/mol. The maximum atomic E-state index is 14.0. The molecule has 0 aliphatic heterocycles. The Hall–Kier alpha value is -4.93. The van der Waals surface area contributed by atoms with Crippen LogP contribution in [0, 0.1) is 11.6 Å². The number of pyridine rings is 1. The fourth-order valence-corrected chi connectivity index (χ4v) is 6.11. The number of rotatable bonds is 13. The van der Waals surface area contributed by atoms with Crippen LogP contribution in [-0.4, -0.2) is 55.9 Å². The van der Waals surface area contributed by atoms with Crippen LogP contribution >= 0.6 is 0 Å². The molecule has 264 valence electrons. The van der Waals surface area contributed by atoms with E-state index in [0.29, 0.717) is 41.1 Å². The van der Waals surface area contributed by atoms with Gasteiger partial charge in [-0.15, -0.1) is 0 Å². The first-order chi connectivity index (χ1) is 23.5. The molecule has 0 saturated heterocycles. The highest BCUT2D eigenvalue weighted by Gasteiger charge is 2.24. The quantitative estimate of drug-likeness (QED) is 0.169. The van der Waals surface area contributed by atoms with Crippen LogP contribution in [0.3, 0.4) is 0 Å². The van der Waals surface area contributed by atoms with Gasteiger partial charge in [0.05, 0.1) is 45.1 Å². The molecule has 11 heteroatoms. The lowest BCUT2D eigenvalue weighted by Crippen LogP contribution is -3.00. The first kappa shape index (κ1) is 37.9. The van der Waals surface area contributed by atoms with Gasteiger partial charge >= 0.3 is 0 Å². The average Bonchev–Trinajstić information content (AvgIpc) is 3.12. The van der Waals surface area contributed by atoms with E-state index in [9.17, 15) is 18.4 Å². The number of hydrogen-bond donors (Lipinski definition) is 0. The number of hydrogen-bond acceptors (Lipinski definition) is 5. The van der Waals surface area contributed by atoms with Crippen molar-refractivity contribution in [2.75, 3.05) is 45.8 Å². The molecule has 0 atom stereocenters. The highest BCUT2D eigenvalue weighted by atomic mass is 35.5. The van der Waals surface area contributed by atoms with Gasteiger partial charge in [-0.05, 0) is 50.6 Å². The molecule has 0 aliphatic rings. The van der Waals surface area contributed by atoms with Crippen molar-refractivity contribution < 1.29 is 44.7 Å². The third-order valence-corrected chi connectivity index (χ3v) is 9.39. The van der Waals surface area contributed by atoms with E-state index in [1.807, 2.05) is 6.07 Å². The molecule has 0 N–H and O–H groups in total. The van der Waals surface area contributed by atoms with E-state index in [2.05, 4.69) is 39.0 Å². The van der Waals surface area contributed by atoms with Gasteiger partial charge in [0.2, 0.25) is 5.43 Å². The molecule has 0 radical (unpaired) electrons. The molecule has 1 amide bonds. The normalized spacial score (nSPS) is 11.2. The molecule has 50 heavy (non-hydrogen) atoms. The topological polar surface area (TPSA) is 70.0 Å². The molecule has 0 saturated carbocycles. The second kappa shape index (κ2) is 16.2. The van der Waals surface area contributed by atoms with Crippen LogP contribution in [0.5, 0.6) is 17.2 Å². The molecule has 1 aromatic heterocycles. The third-order valence-electron chi connectivity index (χ3n) is 9.39. The average molecular weight is 706 g/mol. The summed E-state index contributed by atoms with van der Waals surface area (Å²) in [6.45, 7) is 11.0. The summed E-state index contributed by atoms with van der Waals surface area (Å²) in [6.07, 6.45) is 1.42. The molecule has 0 fully saturated rings. The Morgan fingerprint density at radius 2 is 1.42 bits per heavy atom. The summed E-state index contributed by atoms with van der Waals surface area (Å²) in [5.74, 6) is -0.912. The van der Waals surface area contributed by atoms with Crippen molar-refractivity contribution in [3.63, 3.8) is 0 Å². The van der Waals surface area contributed by atoms with Crippen LogP contribution in [-0.2, 0) is 13.2 Å². The molecule has 0 unspecified atom stereocenters. The lowest BCUT2D eigenvalue weighted by Gasteiger charge is -2.36. The number of aromatic nitrogens is 1. The minimum Gasteiger partial charge on any atom is -1.00 e. The summed E-state index contributed by atoms with van der Waals surface area (Å²) in [4.78, 5) is 28.6. The number of ether oxygens (including phenoxy) is 3. The molecular weight excluding hydrogens is 664 g/mol. The number of methoxy groups -OCH3 is 2. The summed E-state index contributed by atoms with van der Waals surface area (Å²) in [5, 5.41) is 0.245. The summed E-state index contributed by atoms with van der Waals surface area (Å²) < 4.78 is 48.2. The minimum atomic E-state index is -0.844. The second-order valence-corrected chi connectivity index (χ2v) is 12.0. The SMILES string of the molecule is CC[N+](CC)(CC)Cc1ccccc1COc1cc(OC)cc(-n2cc(C(=O)N(C)c3cc(F)cc(F)c3)c(=O)c3ccc(OC)cc32)c1.[Cl-]. The molecule has 0 bridgehead atoms. The van der Waals surface area contributed by atoms with Crippen LogP contribution in [0.25, 0.3) is 16.6 Å². The van der Waals surface area contributed by atoms with Gasteiger partial charge in [0.25, 0.3) is 5.91 Å². The third kappa shape index (κ3) is 7.93. The van der Waals surface area contributed by atoms with Crippen LogP contribution in [0.4, 0.5) is 14.5 Å².